The first-order valence-electron chi connectivity index (χ1n) is 10.0. The van der Waals surface area contributed by atoms with E-state index in [0.717, 1.165) is 33.6 Å². The van der Waals surface area contributed by atoms with Gasteiger partial charge in [-0.25, -0.2) is 9.37 Å². The van der Waals surface area contributed by atoms with Crippen LogP contribution in [0.4, 0.5) is 4.39 Å². The zero-order chi connectivity index (χ0) is 21.9. The summed E-state index contributed by atoms with van der Waals surface area (Å²) in [6.45, 7) is 2.57. The van der Waals surface area contributed by atoms with Gasteiger partial charge in [0.05, 0.1) is 18.5 Å². The number of halogens is 1. The Labute approximate surface area is 188 Å². The van der Waals surface area contributed by atoms with E-state index in [1.807, 2.05) is 34.9 Å². The number of furan rings is 1. The van der Waals surface area contributed by atoms with Crippen molar-refractivity contribution in [3.63, 3.8) is 0 Å². The van der Waals surface area contributed by atoms with Crippen molar-refractivity contribution >= 4 is 11.8 Å². The van der Waals surface area contributed by atoms with Gasteiger partial charge >= 0.3 is 0 Å². The highest BCUT2D eigenvalue weighted by Gasteiger charge is 2.18. The van der Waals surface area contributed by atoms with E-state index in [1.54, 1.807) is 24.7 Å². The normalized spacial score (nSPS) is 11.2. The molecule has 0 aliphatic heterocycles. The summed E-state index contributed by atoms with van der Waals surface area (Å²) in [5.74, 6) is 2.19. The maximum absolute atomic E-state index is 13.5. The second kappa shape index (κ2) is 8.84. The van der Waals surface area contributed by atoms with Crippen molar-refractivity contribution < 1.29 is 13.2 Å². The van der Waals surface area contributed by atoms with Crippen LogP contribution < -0.4 is 0 Å². The van der Waals surface area contributed by atoms with Gasteiger partial charge < -0.3 is 8.83 Å². The molecule has 0 atom stereocenters. The number of hydrogen-bond donors (Lipinski definition) is 0. The highest BCUT2D eigenvalue weighted by molar-refractivity contribution is 7.98. The van der Waals surface area contributed by atoms with Crippen molar-refractivity contribution in [1.29, 1.82) is 0 Å². The van der Waals surface area contributed by atoms with Gasteiger partial charge in [0.25, 0.3) is 0 Å². The van der Waals surface area contributed by atoms with Crippen LogP contribution >= 0.6 is 11.8 Å². The Morgan fingerprint density at radius 1 is 1.00 bits per heavy atom. The molecule has 160 valence electrons. The summed E-state index contributed by atoms with van der Waals surface area (Å²) in [5, 5.41) is 9.64. The van der Waals surface area contributed by atoms with E-state index in [4.69, 9.17) is 8.83 Å². The predicted octanol–water partition coefficient (Wildman–Crippen LogP) is 5.98. The Morgan fingerprint density at radius 2 is 1.91 bits per heavy atom. The molecule has 0 spiro atoms. The SMILES string of the molecule is Cc1ccccc1-c1nnc(SCc2coc(-c3cccc(F)c3)n2)n1Cc1ccco1. The molecule has 8 heteroatoms. The second-order valence-corrected chi connectivity index (χ2v) is 8.17. The minimum atomic E-state index is -0.327. The Balaban J connectivity index is 1.41. The lowest BCUT2D eigenvalue weighted by atomic mass is 10.1. The first kappa shape index (κ1) is 20.3. The van der Waals surface area contributed by atoms with Crippen molar-refractivity contribution in [2.75, 3.05) is 0 Å². The smallest absolute Gasteiger partial charge is 0.226 e. The van der Waals surface area contributed by atoms with E-state index < -0.39 is 0 Å². The summed E-state index contributed by atoms with van der Waals surface area (Å²) in [7, 11) is 0. The van der Waals surface area contributed by atoms with Gasteiger partial charge in [-0.1, -0.05) is 42.1 Å². The van der Waals surface area contributed by atoms with E-state index in [2.05, 4.69) is 28.2 Å². The topological polar surface area (TPSA) is 69.9 Å². The molecular weight excluding hydrogens is 427 g/mol. The summed E-state index contributed by atoms with van der Waals surface area (Å²) >= 11 is 1.51. The highest BCUT2D eigenvalue weighted by atomic mass is 32.2. The molecule has 32 heavy (non-hydrogen) atoms. The molecule has 0 bridgehead atoms. The van der Waals surface area contributed by atoms with Crippen LogP contribution in [0.3, 0.4) is 0 Å². The lowest BCUT2D eigenvalue weighted by Gasteiger charge is -2.10. The first-order chi connectivity index (χ1) is 15.7. The fourth-order valence-electron chi connectivity index (χ4n) is 3.39. The average molecular weight is 447 g/mol. The number of hydrogen-bond acceptors (Lipinski definition) is 6. The minimum Gasteiger partial charge on any atom is -0.467 e. The number of aryl methyl sites for hydroxylation is 1. The van der Waals surface area contributed by atoms with Crippen molar-refractivity contribution in [3.8, 4) is 22.8 Å². The molecule has 0 aliphatic carbocycles. The third-order valence-electron chi connectivity index (χ3n) is 4.97. The molecule has 0 N–H and O–H groups in total. The van der Waals surface area contributed by atoms with Gasteiger partial charge in [0, 0.05) is 16.9 Å². The van der Waals surface area contributed by atoms with Gasteiger partial charge in [0.1, 0.15) is 17.8 Å². The van der Waals surface area contributed by atoms with Crippen LogP contribution in [0.2, 0.25) is 0 Å². The van der Waals surface area contributed by atoms with Crippen molar-refractivity contribution in [2.45, 2.75) is 24.4 Å². The van der Waals surface area contributed by atoms with Gasteiger partial charge in [0.2, 0.25) is 5.89 Å². The van der Waals surface area contributed by atoms with Gasteiger partial charge in [-0.2, -0.15) is 0 Å². The van der Waals surface area contributed by atoms with Crippen LogP contribution in [0.5, 0.6) is 0 Å². The van der Waals surface area contributed by atoms with E-state index in [9.17, 15) is 4.39 Å². The molecule has 0 saturated carbocycles. The Kier molecular flexibility index (Phi) is 5.60. The van der Waals surface area contributed by atoms with Crippen LogP contribution in [-0.4, -0.2) is 19.7 Å². The molecule has 5 aromatic rings. The van der Waals surface area contributed by atoms with E-state index in [0.29, 0.717) is 23.8 Å². The number of rotatable bonds is 7. The number of thioether (sulfide) groups is 1. The zero-order valence-electron chi connectivity index (χ0n) is 17.2. The summed E-state index contributed by atoms with van der Waals surface area (Å²) in [6, 6.07) is 18.1. The average Bonchev–Trinajstić information content (AvgIpc) is 3.55. The molecule has 0 radical (unpaired) electrons. The molecule has 0 aliphatic rings. The monoisotopic (exact) mass is 446 g/mol. The molecule has 3 aromatic heterocycles. The van der Waals surface area contributed by atoms with Gasteiger partial charge in [-0.05, 0) is 42.8 Å². The van der Waals surface area contributed by atoms with Crippen LogP contribution in [-0.2, 0) is 12.3 Å². The van der Waals surface area contributed by atoms with E-state index >= 15 is 0 Å². The van der Waals surface area contributed by atoms with Gasteiger partial charge in [-0.3, -0.25) is 4.57 Å². The largest absolute Gasteiger partial charge is 0.467 e. The van der Waals surface area contributed by atoms with Gasteiger partial charge in [0.15, 0.2) is 11.0 Å². The van der Waals surface area contributed by atoms with Gasteiger partial charge in [-0.15, -0.1) is 10.2 Å². The van der Waals surface area contributed by atoms with E-state index in [1.165, 1.54) is 23.9 Å². The zero-order valence-corrected chi connectivity index (χ0v) is 18.1. The summed E-state index contributed by atoms with van der Waals surface area (Å²) < 4.78 is 26.7. The Morgan fingerprint density at radius 3 is 2.72 bits per heavy atom. The highest BCUT2D eigenvalue weighted by Crippen LogP contribution is 2.29. The number of benzene rings is 2. The summed E-state index contributed by atoms with van der Waals surface area (Å²) in [6.07, 6.45) is 3.24. The Bertz CT molecular complexity index is 1340. The maximum atomic E-state index is 13.5. The molecule has 3 heterocycles. The van der Waals surface area contributed by atoms with Crippen LogP contribution in [0, 0.1) is 12.7 Å². The number of aromatic nitrogens is 4. The summed E-state index contributed by atoms with van der Waals surface area (Å²) in [4.78, 5) is 4.49. The molecule has 6 nitrogen and oxygen atoms in total. The number of nitrogens with zero attached hydrogens (tertiary/aromatic N) is 4. The molecule has 0 amide bonds. The lowest BCUT2D eigenvalue weighted by Crippen LogP contribution is -2.04. The maximum Gasteiger partial charge on any atom is 0.226 e. The molecular formula is C24H19FN4O2S. The Hall–Kier alpha value is -3.65. The minimum absolute atomic E-state index is 0.327. The molecule has 0 unspecified atom stereocenters. The number of oxazole rings is 1. The van der Waals surface area contributed by atoms with Crippen LogP contribution in [0.25, 0.3) is 22.8 Å². The molecule has 2 aromatic carbocycles. The van der Waals surface area contributed by atoms with Crippen molar-refractivity contribution in [2.24, 2.45) is 0 Å². The fourth-order valence-corrected chi connectivity index (χ4v) is 4.20. The lowest BCUT2D eigenvalue weighted by molar-refractivity contribution is 0.485. The molecule has 0 saturated heterocycles. The molecule has 5 rings (SSSR count). The van der Waals surface area contributed by atoms with Crippen LogP contribution in [0.1, 0.15) is 17.0 Å². The van der Waals surface area contributed by atoms with Crippen LogP contribution in [0.15, 0.2) is 87.2 Å². The van der Waals surface area contributed by atoms with Crippen molar-refractivity contribution in [1.82, 2.24) is 19.7 Å². The standard InChI is InChI=1S/C24H19FN4O2S/c1-16-6-2-3-10-21(16)22-27-28-24(29(22)13-20-9-5-11-30-20)32-15-19-14-31-23(26-19)17-7-4-8-18(25)12-17/h2-12,14H,13,15H2,1H3. The third-order valence-corrected chi connectivity index (χ3v) is 5.97. The quantitative estimate of drug-likeness (QED) is 0.286. The fraction of sp³-hybridized carbons (Fsp3) is 0.125. The second-order valence-electron chi connectivity index (χ2n) is 7.23. The predicted molar refractivity (Wildman–Crippen MR) is 119 cm³/mol. The summed E-state index contributed by atoms with van der Waals surface area (Å²) in [5.41, 5.74) is 3.48. The molecule has 0 fully saturated rings. The van der Waals surface area contributed by atoms with Crippen molar-refractivity contribution in [3.05, 3.63) is 96.0 Å². The first-order valence-corrected chi connectivity index (χ1v) is 11.0. The van der Waals surface area contributed by atoms with E-state index in [-0.39, 0.29) is 5.82 Å². The third kappa shape index (κ3) is 4.22.